The molecule has 0 bridgehead atoms. The number of hydrogen-bond acceptors (Lipinski definition) is 5. The first-order chi connectivity index (χ1) is 9.77. The molecule has 1 unspecified atom stereocenters. The number of nitrogens with one attached hydrogen (secondary N) is 1. The third kappa shape index (κ3) is 4.48. The second kappa shape index (κ2) is 7.84. The molecule has 0 spiro atoms. The molecule has 5 nitrogen and oxygen atoms in total. The minimum absolute atomic E-state index is 0.154. The summed E-state index contributed by atoms with van der Waals surface area (Å²) in [5, 5.41) is 4.71. The van der Waals surface area contributed by atoms with E-state index >= 15 is 0 Å². The molecule has 0 saturated heterocycles. The van der Waals surface area contributed by atoms with Gasteiger partial charge in [-0.15, -0.1) is 11.3 Å². The van der Waals surface area contributed by atoms with Crippen molar-refractivity contribution in [3.63, 3.8) is 0 Å². The molecule has 2 heterocycles. The van der Waals surface area contributed by atoms with Crippen LogP contribution in [0.25, 0.3) is 0 Å². The molecule has 6 heteroatoms. The highest BCUT2D eigenvalue weighted by Crippen LogP contribution is 2.16. The first-order valence-corrected chi connectivity index (χ1v) is 7.32. The summed E-state index contributed by atoms with van der Waals surface area (Å²) in [5.74, 6) is 0.646. The zero-order valence-electron chi connectivity index (χ0n) is 11.1. The fraction of sp³-hybridized carbons (Fsp3) is 0.357. The van der Waals surface area contributed by atoms with Crippen LogP contribution in [0.4, 0.5) is 0 Å². The molecule has 2 aromatic rings. The Morgan fingerprint density at radius 3 is 3.05 bits per heavy atom. The van der Waals surface area contributed by atoms with Crippen LogP contribution in [0.1, 0.15) is 23.1 Å². The van der Waals surface area contributed by atoms with Gasteiger partial charge < -0.3 is 20.2 Å². The van der Waals surface area contributed by atoms with Gasteiger partial charge in [-0.05, 0) is 30.0 Å². The lowest BCUT2D eigenvalue weighted by Gasteiger charge is -2.10. The van der Waals surface area contributed by atoms with Gasteiger partial charge in [0, 0.05) is 18.0 Å². The summed E-state index contributed by atoms with van der Waals surface area (Å²) in [6, 6.07) is 6.85. The standard InChI is InChI=1S/C14H18N2O3S/c15-13(12-5-2-9-20-12)14(17)16-6-3-7-18-10-11-4-1-8-19-11/h1-2,4-5,8-9,13H,3,6-7,10,15H2,(H,16,17). The van der Waals surface area contributed by atoms with E-state index in [0.29, 0.717) is 19.8 Å². The Morgan fingerprint density at radius 2 is 2.35 bits per heavy atom. The number of ether oxygens (including phenoxy) is 1. The van der Waals surface area contributed by atoms with Gasteiger partial charge in [0.05, 0.1) is 6.26 Å². The lowest BCUT2D eigenvalue weighted by Crippen LogP contribution is -2.34. The number of nitrogens with two attached hydrogens (primary N) is 1. The van der Waals surface area contributed by atoms with Crippen molar-refractivity contribution in [1.29, 1.82) is 0 Å². The minimum Gasteiger partial charge on any atom is -0.467 e. The second-order valence-electron chi connectivity index (χ2n) is 4.27. The van der Waals surface area contributed by atoms with Gasteiger partial charge in [-0.3, -0.25) is 4.79 Å². The Labute approximate surface area is 121 Å². The summed E-state index contributed by atoms with van der Waals surface area (Å²) >= 11 is 1.48. The van der Waals surface area contributed by atoms with Crippen molar-refractivity contribution < 1.29 is 13.9 Å². The molecule has 0 aromatic carbocycles. The number of carbonyl (C=O) groups excluding carboxylic acids is 1. The third-order valence-corrected chi connectivity index (χ3v) is 3.68. The molecule has 0 aliphatic rings. The number of hydrogen-bond donors (Lipinski definition) is 2. The summed E-state index contributed by atoms with van der Waals surface area (Å²) in [6.45, 7) is 1.57. The van der Waals surface area contributed by atoms with E-state index in [1.807, 2.05) is 29.6 Å². The van der Waals surface area contributed by atoms with Gasteiger partial charge in [-0.25, -0.2) is 0 Å². The fourth-order valence-corrected chi connectivity index (χ4v) is 2.39. The molecule has 1 atom stereocenters. The van der Waals surface area contributed by atoms with Crippen LogP contribution >= 0.6 is 11.3 Å². The molecule has 0 aliphatic heterocycles. The van der Waals surface area contributed by atoms with E-state index in [-0.39, 0.29) is 5.91 Å². The van der Waals surface area contributed by atoms with Crippen LogP contribution in [0.15, 0.2) is 40.3 Å². The van der Waals surface area contributed by atoms with Crippen LogP contribution in [0.3, 0.4) is 0 Å². The van der Waals surface area contributed by atoms with Crippen molar-refractivity contribution in [1.82, 2.24) is 5.32 Å². The van der Waals surface area contributed by atoms with E-state index in [2.05, 4.69) is 5.32 Å². The summed E-state index contributed by atoms with van der Waals surface area (Å²) in [5.41, 5.74) is 5.84. The van der Waals surface area contributed by atoms with Crippen LogP contribution in [-0.2, 0) is 16.1 Å². The topological polar surface area (TPSA) is 77.5 Å². The summed E-state index contributed by atoms with van der Waals surface area (Å²) in [6.07, 6.45) is 2.36. The molecule has 2 aromatic heterocycles. The maximum Gasteiger partial charge on any atom is 0.242 e. The van der Waals surface area contributed by atoms with E-state index in [0.717, 1.165) is 17.1 Å². The average Bonchev–Trinajstić information content (AvgIpc) is 3.13. The van der Waals surface area contributed by atoms with E-state index in [9.17, 15) is 4.79 Å². The van der Waals surface area contributed by atoms with Crippen molar-refractivity contribution in [3.05, 3.63) is 46.5 Å². The van der Waals surface area contributed by atoms with Crippen LogP contribution in [-0.4, -0.2) is 19.1 Å². The van der Waals surface area contributed by atoms with E-state index in [1.165, 1.54) is 11.3 Å². The molecule has 0 fully saturated rings. The number of furan rings is 1. The predicted octanol–water partition coefficient (Wildman–Crippen LogP) is 2.06. The number of amides is 1. The van der Waals surface area contributed by atoms with Gasteiger partial charge >= 0.3 is 0 Å². The Kier molecular flexibility index (Phi) is 5.79. The molecule has 0 radical (unpaired) electrons. The van der Waals surface area contributed by atoms with Gasteiger partial charge in [0.1, 0.15) is 18.4 Å². The van der Waals surface area contributed by atoms with Gasteiger partial charge in [0.15, 0.2) is 0 Å². The Morgan fingerprint density at radius 1 is 1.45 bits per heavy atom. The molecule has 1 amide bonds. The highest BCUT2D eigenvalue weighted by molar-refractivity contribution is 7.10. The van der Waals surface area contributed by atoms with Crippen molar-refractivity contribution >= 4 is 17.2 Å². The smallest absolute Gasteiger partial charge is 0.242 e. The maximum atomic E-state index is 11.8. The number of rotatable bonds is 8. The van der Waals surface area contributed by atoms with Crippen LogP contribution in [0, 0.1) is 0 Å². The number of thiophene rings is 1. The highest BCUT2D eigenvalue weighted by atomic mass is 32.1. The van der Waals surface area contributed by atoms with Crippen molar-refractivity contribution in [2.75, 3.05) is 13.2 Å². The van der Waals surface area contributed by atoms with Gasteiger partial charge in [0.25, 0.3) is 0 Å². The molecular formula is C14H18N2O3S. The van der Waals surface area contributed by atoms with Crippen molar-refractivity contribution in [2.45, 2.75) is 19.1 Å². The lowest BCUT2D eigenvalue weighted by atomic mass is 10.2. The van der Waals surface area contributed by atoms with Crippen LogP contribution in [0.2, 0.25) is 0 Å². The zero-order valence-corrected chi connectivity index (χ0v) is 11.9. The Bertz CT molecular complexity index is 496. The first kappa shape index (κ1) is 14.8. The monoisotopic (exact) mass is 294 g/mol. The zero-order chi connectivity index (χ0) is 14.2. The Hall–Kier alpha value is -1.63. The highest BCUT2D eigenvalue weighted by Gasteiger charge is 2.15. The largest absolute Gasteiger partial charge is 0.467 e. The summed E-state index contributed by atoms with van der Waals surface area (Å²) < 4.78 is 10.6. The van der Waals surface area contributed by atoms with Crippen LogP contribution in [0.5, 0.6) is 0 Å². The average molecular weight is 294 g/mol. The predicted molar refractivity (Wildman–Crippen MR) is 77.2 cm³/mol. The third-order valence-electron chi connectivity index (χ3n) is 2.72. The molecule has 3 N–H and O–H groups in total. The Balaban J connectivity index is 1.55. The first-order valence-electron chi connectivity index (χ1n) is 6.44. The van der Waals surface area contributed by atoms with Gasteiger partial charge in [-0.1, -0.05) is 6.07 Å². The molecule has 0 aliphatic carbocycles. The van der Waals surface area contributed by atoms with Gasteiger partial charge in [0.2, 0.25) is 5.91 Å². The molecule has 2 rings (SSSR count). The van der Waals surface area contributed by atoms with E-state index in [4.69, 9.17) is 14.9 Å². The minimum atomic E-state index is -0.584. The fourth-order valence-electron chi connectivity index (χ4n) is 1.66. The SMILES string of the molecule is NC(C(=O)NCCCOCc1ccco1)c1cccs1. The molecule has 20 heavy (non-hydrogen) atoms. The normalized spacial score (nSPS) is 12.2. The summed E-state index contributed by atoms with van der Waals surface area (Å²) in [7, 11) is 0. The second-order valence-corrected chi connectivity index (χ2v) is 5.25. The summed E-state index contributed by atoms with van der Waals surface area (Å²) in [4.78, 5) is 12.6. The maximum absolute atomic E-state index is 11.8. The molecule has 108 valence electrons. The molecular weight excluding hydrogens is 276 g/mol. The van der Waals surface area contributed by atoms with Gasteiger partial charge in [-0.2, -0.15) is 0 Å². The van der Waals surface area contributed by atoms with Crippen LogP contribution < -0.4 is 11.1 Å². The quantitative estimate of drug-likeness (QED) is 0.731. The van der Waals surface area contributed by atoms with Crippen molar-refractivity contribution in [2.24, 2.45) is 5.73 Å². The lowest BCUT2D eigenvalue weighted by molar-refractivity contribution is -0.122. The van der Waals surface area contributed by atoms with E-state index in [1.54, 1.807) is 6.26 Å². The van der Waals surface area contributed by atoms with Crippen molar-refractivity contribution in [3.8, 4) is 0 Å². The molecule has 0 saturated carbocycles. The van der Waals surface area contributed by atoms with E-state index < -0.39 is 6.04 Å². The number of carbonyl (C=O) groups is 1.